The molecule has 4 rings (SSSR count). The predicted molar refractivity (Wildman–Crippen MR) is 114 cm³/mol. The maximum absolute atomic E-state index is 13.1. The summed E-state index contributed by atoms with van der Waals surface area (Å²) in [6.45, 7) is 2.74. The molecule has 0 bridgehead atoms. The lowest BCUT2D eigenvalue weighted by atomic mass is 10.0. The van der Waals surface area contributed by atoms with Gasteiger partial charge in [0, 0.05) is 23.7 Å². The summed E-state index contributed by atoms with van der Waals surface area (Å²) in [5.41, 5.74) is 2.80. The van der Waals surface area contributed by atoms with E-state index in [1.165, 1.54) is 35.2 Å². The van der Waals surface area contributed by atoms with Crippen LogP contribution in [-0.4, -0.2) is 30.8 Å². The Labute approximate surface area is 174 Å². The Balaban J connectivity index is 1.53. The van der Waals surface area contributed by atoms with Gasteiger partial charge in [0.05, 0.1) is 10.9 Å². The molecule has 6 nitrogen and oxygen atoms in total. The summed E-state index contributed by atoms with van der Waals surface area (Å²) in [5, 5.41) is 2.00. The lowest BCUT2D eigenvalue weighted by Gasteiger charge is -2.25. The van der Waals surface area contributed by atoms with Crippen molar-refractivity contribution in [2.24, 2.45) is 0 Å². The highest BCUT2D eigenvalue weighted by molar-refractivity contribution is 7.93. The first kappa shape index (κ1) is 19.6. The molecule has 8 heteroatoms. The molecule has 0 aliphatic carbocycles. The van der Waals surface area contributed by atoms with Gasteiger partial charge in [0.15, 0.2) is 5.13 Å². The van der Waals surface area contributed by atoms with E-state index in [0.29, 0.717) is 17.2 Å². The van der Waals surface area contributed by atoms with E-state index in [0.717, 1.165) is 18.4 Å². The number of hydrogen-bond acceptors (Lipinski definition) is 5. The molecule has 1 saturated heterocycles. The summed E-state index contributed by atoms with van der Waals surface area (Å²) >= 11 is 1.21. The van der Waals surface area contributed by atoms with E-state index in [1.807, 2.05) is 24.0 Å². The first-order valence-corrected chi connectivity index (χ1v) is 11.7. The molecule has 0 saturated carbocycles. The summed E-state index contributed by atoms with van der Waals surface area (Å²) in [5.74, 6) is -0.0779. The Morgan fingerprint density at radius 2 is 2.00 bits per heavy atom. The molecule has 150 valence electrons. The highest BCUT2D eigenvalue weighted by Gasteiger charge is 2.30. The largest absolute Gasteiger partial charge is 0.332 e. The normalized spacial score (nSPS) is 16.7. The van der Waals surface area contributed by atoms with Crippen molar-refractivity contribution < 1.29 is 13.2 Å². The van der Waals surface area contributed by atoms with Crippen molar-refractivity contribution in [2.45, 2.75) is 30.7 Å². The fourth-order valence-corrected chi connectivity index (χ4v) is 5.41. The lowest BCUT2D eigenvalue weighted by Crippen LogP contribution is -2.30. The van der Waals surface area contributed by atoms with Crippen LogP contribution >= 0.6 is 11.3 Å². The van der Waals surface area contributed by atoms with Crippen LogP contribution in [0.2, 0.25) is 0 Å². The van der Waals surface area contributed by atoms with Gasteiger partial charge in [0.2, 0.25) is 0 Å². The number of benzene rings is 2. The number of anilines is 1. The van der Waals surface area contributed by atoms with Gasteiger partial charge >= 0.3 is 0 Å². The molecule has 1 aromatic heterocycles. The number of aromatic nitrogens is 1. The van der Waals surface area contributed by atoms with E-state index in [2.05, 4.69) is 21.8 Å². The van der Waals surface area contributed by atoms with Crippen molar-refractivity contribution >= 4 is 32.4 Å². The van der Waals surface area contributed by atoms with Gasteiger partial charge in [0.1, 0.15) is 0 Å². The number of carbonyl (C=O) groups is 1. The van der Waals surface area contributed by atoms with Gasteiger partial charge in [-0.3, -0.25) is 9.52 Å². The second-order valence-corrected chi connectivity index (χ2v) is 9.61. The van der Waals surface area contributed by atoms with Gasteiger partial charge in [-0.05, 0) is 49.6 Å². The topological polar surface area (TPSA) is 79.4 Å². The Morgan fingerprint density at radius 3 is 2.69 bits per heavy atom. The Kier molecular flexibility index (Phi) is 5.38. The quantitative estimate of drug-likeness (QED) is 0.661. The monoisotopic (exact) mass is 427 g/mol. The van der Waals surface area contributed by atoms with E-state index in [-0.39, 0.29) is 16.8 Å². The number of rotatable bonds is 5. The van der Waals surface area contributed by atoms with Gasteiger partial charge in [-0.25, -0.2) is 13.4 Å². The van der Waals surface area contributed by atoms with Crippen molar-refractivity contribution in [2.75, 3.05) is 11.3 Å². The summed E-state index contributed by atoms with van der Waals surface area (Å²) in [6, 6.07) is 14.4. The molecule has 1 N–H and O–H groups in total. The Morgan fingerprint density at radius 1 is 1.21 bits per heavy atom. The minimum absolute atomic E-state index is 0.0531. The number of nitrogens with one attached hydrogen (secondary N) is 1. The van der Waals surface area contributed by atoms with Gasteiger partial charge in [0.25, 0.3) is 15.9 Å². The molecule has 1 aliphatic heterocycles. The SMILES string of the molecule is Cc1cccc(C2CCCN2C(=O)c2ccc(S(=O)(=O)Nc3nccs3)cc2)c1. The number of amides is 1. The van der Waals surface area contributed by atoms with Crippen LogP contribution in [0.15, 0.2) is 65.0 Å². The van der Waals surface area contributed by atoms with Gasteiger partial charge in [-0.1, -0.05) is 29.8 Å². The number of nitrogens with zero attached hydrogens (tertiary/aromatic N) is 2. The van der Waals surface area contributed by atoms with Crippen LogP contribution < -0.4 is 4.72 Å². The molecule has 1 aliphatic rings. The zero-order chi connectivity index (χ0) is 20.4. The van der Waals surface area contributed by atoms with Gasteiger partial charge in [-0.15, -0.1) is 11.3 Å². The highest BCUT2D eigenvalue weighted by atomic mass is 32.2. The number of sulfonamides is 1. The molecule has 1 atom stereocenters. The standard InChI is InChI=1S/C21H21N3O3S2/c1-15-4-2-5-17(14-15)19-6-3-12-24(19)20(25)16-7-9-18(10-8-16)29(26,27)23-21-22-11-13-28-21/h2,4-5,7-11,13-14,19H,3,6,12H2,1H3,(H,22,23). The molecular formula is C21H21N3O3S2. The van der Waals surface area contributed by atoms with E-state index in [1.54, 1.807) is 17.5 Å². The van der Waals surface area contributed by atoms with Crippen LogP contribution in [0.1, 0.15) is 40.4 Å². The third-order valence-electron chi connectivity index (χ3n) is 5.01. The van der Waals surface area contributed by atoms with Crippen molar-refractivity contribution in [1.29, 1.82) is 0 Å². The van der Waals surface area contributed by atoms with E-state index in [9.17, 15) is 13.2 Å². The molecule has 3 aromatic rings. The number of carbonyl (C=O) groups excluding carboxylic acids is 1. The minimum Gasteiger partial charge on any atom is -0.332 e. The van der Waals surface area contributed by atoms with E-state index >= 15 is 0 Å². The molecule has 0 spiro atoms. The second-order valence-electron chi connectivity index (χ2n) is 7.04. The fourth-order valence-electron chi connectivity index (χ4n) is 3.62. The molecule has 1 amide bonds. The van der Waals surface area contributed by atoms with Crippen molar-refractivity contribution in [3.63, 3.8) is 0 Å². The minimum atomic E-state index is -3.73. The first-order valence-electron chi connectivity index (χ1n) is 9.34. The van der Waals surface area contributed by atoms with E-state index in [4.69, 9.17) is 0 Å². The third kappa shape index (κ3) is 4.18. The van der Waals surface area contributed by atoms with Crippen LogP contribution in [0.3, 0.4) is 0 Å². The molecule has 2 heterocycles. The first-order chi connectivity index (χ1) is 13.9. The molecule has 2 aromatic carbocycles. The summed E-state index contributed by atoms with van der Waals surface area (Å²) < 4.78 is 27.4. The molecule has 1 fully saturated rings. The van der Waals surface area contributed by atoms with Gasteiger partial charge < -0.3 is 4.90 Å². The lowest BCUT2D eigenvalue weighted by molar-refractivity contribution is 0.0735. The number of hydrogen-bond donors (Lipinski definition) is 1. The Hall–Kier alpha value is -2.71. The van der Waals surface area contributed by atoms with Crippen molar-refractivity contribution in [1.82, 2.24) is 9.88 Å². The summed E-state index contributed by atoms with van der Waals surface area (Å²) in [4.78, 5) is 19.0. The fraction of sp³-hybridized carbons (Fsp3) is 0.238. The maximum Gasteiger partial charge on any atom is 0.263 e. The number of thiazole rings is 1. The van der Waals surface area contributed by atoms with Crippen molar-refractivity contribution in [3.8, 4) is 0 Å². The Bertz CT molecular complexity index is 1110. The number of aryl methyl sites for hydroxylation is 1. The third-order valence-corrected chi connectivity index (χ3v) is 7.18. The maximum atomic E-state index is 13.1. The highest BCUT2D eigenvalue weighted by Crippen LogP contribution is 2.33. The van der Waals surface area contributed by atoms with Crippen LogP contribution in [-0.2, 0) is 10.0 Å². The van der Waals surface area contributed by atoms with Gasteiger partial charge in [-0.2, -0.15) is 0 Å². The molecule has 1 unspecified atom stereocenters. The van der Waals surface area contributed by atoms with Crippen LogP contribution in [0.5, 0.6) is 0 Å². The molecular weight excluding hydrogens is 406 g/mol. The average Bonchev–Trinajstić information content (AvgIpc) is 3.39. The van der Waals surface area contributed by atoms with Crippen LogP contribution in [0, 0.1) is 6.92 Å². The summed E-state index contributed by atoms with van der Waals surface area (Å²) in [7, 11) is -3.73. The zero-order valence-electron chi connectivity index (χ0n) is 15.9. The molecule has 29 heavy (non-hydrogen) atoms. The van der Waals surface area contributed by atoms with E-state index < -0.39 is 10.0 Å². The van der Waals surface area contributed by atoms with Crippen LogP contribution in [0.4, 0.5) is 5.13 Å². The second kappa shape index (κ2) is 7.96. The van der Waals surface area contributed by atoms with Crippen molar-refractivity contribution in [3.05, 3.63) is 76.8 Å². The molecule has 0 radical (unpaired) electrons. The van der Waals surface area contributed by atoms with Crippen LogP contribution in [0.25, 0.3) is 0 Å². The predicted octanol–water partition coefficient (Wildman–Crippen LogP) is 4.23. The average molecular weight is 428 g/mol. The zero-order valence-corrected chi connectivity index (χ0v) is 17.5. The number of likely N-dealkylation sites (tertiary alicyclic amines) is 1. The smallest absolute Gasteiger partial charge is 0.263 e. The summed E-state index contributed by atoms with van der Waals surface area (Å²) in [6.07, 6.45) is 3.42.